The molecule has 5 nitrogen and oxygen atoms in total. The second-order valence-corrected chi connectivity index (χ2v) is 5.44. The van der Waals surface area contributed by atoms with Crippen LogP contribution in [-0.4, -0.2) is 5.16 Å². The van der Waals surface area contributed by atoms with Crippen LogP contribution < -0.4 is 10.2 Å². The van der Waals surface area contributed by atoms with Crippen molar-refractivity contribution in [2.45, 2.75) is 39.7 Å². The van der Waals surface area contributed by atoms with Gasteiger partial charge in [0.2, 0.25) is 11.2 Å². The zero-order chi connectivity index (χ0) is 14.0. The third-order valence-electron chi connectivity index (χ3n) is 2.60. The first-order chi connectivity index (χ1) is 8.86. The molecule has 102 valence electrons. The average molecular weight is 263 g/mol. The number of hydrogen-bond donors (Lipinski definition) is 0. The highest BCUT2D eigenvalue weighted by molar-refractivity contribution is 5.18. The van der Waals surface area contributed by atoms with Gasteiger partial charge in [0.1, 0.15) is 30.1 Å². The summed E-state index contributed by atoms with van der Waals surface area (Å²) in [5, 5.41) is 3.91. The Labute approximate surface area is 111 Å². The van der Waals surface area contributed by atoms with E-state index in [9.17, 15) is 4.79 Å². The van der Waals surface area contributed by atoms with E-state index in [-0.39, 0.29) is 23.2 Å². The second-order valence-electron chi connectivity index (χ2n) is 5.44. The van der Waals surface area contributed by atoms with Gasteiger partial charge in [0, 0.05) is 17.5 Å². The van der Waals surface area contributed by atoms with Gasteiger partial charge in [-0.2, -0.15) is 0 Å². The first kappa shape index (κ1) is 13.4. The van der Waals surface area contributed by atoms with Crippen molar-refractivity contribution in [3.63, 3.8) is 0 Å². The maximum Gasteiger partial charge on any atom is 0.226 e. The average Bonchev–Trinajstić information content (AvgIpc) is 2.76. The summed E-state index contributed by atoms with van der Waals surface area (Å²) in [6.45, 7) is 7.98. The lowest BCUT2D eigenvalue weighted by Crippen LogP contribution is -2.09. The van der Waals surface area contributed by atoms with Crippen LogP contribution in [0.4, 0.5) is 0 Å². The molecule has 0 spiro atoms. The molecule has 2 aromatic rings. The zero-order valence-electron chi connectivity index (χ0n) is 11.5. The maximum atomic E-state index is 11.6. The summed E-state index contributed by atoms with van der Waals surface area (Å²) in [4.78, 5) is 11.6. The normalized spacial score (nSPS) is 11.6. The van der Waals surface area contributed by atoms with E-state index in [1.807, 2.05) is 26.8 Å². The SMILES string of the molecule is Cc1cc(=O)c(OCc2cc(C(C)(C)C)on2)co1. The maximum absolute atomic E-state index is 11.6. The van der Waals surface area contributed by atoms with Crippen LogP contribution in [0.5, 0.6) is 5.75 Å². The highest BCUT2D eigenvalue weighted by Crippen LogP contribution is 2.22. The molecule has 2 aromatic heterocycles. The van der Waals surface area contributed by atoms with Crippen molar-refractivity contribution in [3.8, 4) is 5.75 Å². The molecular formula is C14H17NO4. The van der Waals surface area contributed by atoms with Crippen LogP contribution in [-0.2, 0) is 12.0 Å². The van der Waals surface area contributed by atoms with Crippen molar-refractivity contribution in [1.82, 2.24) is 5.16 Å². The van der Waals surface area contributed by atoms with Crippen LogP contribution in [0.15, 0.2) is 32.1 Å². The summed E-state index contributed by atoms with van der Waals surface area (Å²) in [6.07, 6.45) is 1.31. The van der Waals surface area contributed by atoms with Crippen molar-refractivity contribution in [3.05, 3.63) is 45.8 Å². The lowest BCUT2D eigenvalue weighted by atomic mass is 9.93. The molecule has 0 atom stereocenters. The fourth-order valence-electron chi connectivity index (χ4n) is 1.48. The number of aromatic nitrogens is 1. The molecule has 0 fully saturated rings. The first-order valence-electron chi connectivity index (χ1n) is 6.04. The Hall–Kier alpha value is -2.04. The first-order valence-corrected chi connectivity index (χ1v) is 6.04. The highest BCUT2D eigenvalue weighted by atomic mass is 16.5. The minimum atomic E-state index is -0.205. The molecular weight excluding hydrogens is 246 g/mol. The van der Waals surface area contributed by atoms with Gasteiger partial charge in [0.15, 0.2) is 0 Å². The molecule has 0 saturated carbocycles. The standard InChI is InChI=1S/C14H17NO4/c1-9-5-11(16)12(8-17-9)18-7-10-6-13(19-15-10)14(2,3)4/h5-6,8H,7H2,1-4H3. The predicted octanol–water partition coefficient (Wildman–Crippen LogP) is 2.81. The lowest BCUT2D eigenvalue weighted by Gasteiger charge is -2.12. The topological polar surface area (TPSA) is 65.5 Å². The van der Waals surface area contributed by atoms with Gasteiger partial charge in [-0.1, -0.05) is 25.9 Å². The minimum absolute atomic E-state index is 0.103. The van der Waals surface area contributed by atoms with E-state index in [0.29, 0.717) is 11.5 Å². The fraction of sp³-hybridized carbons (Fsp3) is 0.429. The van der Waals surface area contributed by atoms with Crippen molar-refractivity contribution in [1.29, 1.82) is 0 Å². The van der Waals surface area contributed by atoms with Crippen LogP contribution in [0.2, 0.25) is 0 Å². The highest BCUT2D eigenvalue weighted by Gasteiger charge is 2.19. The Morgan fingerprint density at radius 1 is 1.32 bits per heavy atom. The Morgan fingerprint density at radius 2 is 2.05 bits per heavy atom. The van der Waals surface area contributed by atoms with Gasteiger partial charge in [0.25, 0.3) is 0 Å². The number of nitrogens with zero attached hydrogens (tertiary/aromatic N) is 1. The molecule has 0 amide bonds. The number of ether oxygens (including phenoxy) is 1. The van der Waals surface area contributed by atoms with Crippen LogP contribution >= 0.6 is 0 Å². The predicted molar refractivity (Wildman–Crippen MR) is 69.3 cm³/mol. The Balaban J connectivity index is 2.07. The molecule has 0 radical (unpaired) electrons. The van der Waals surface area contributed by atoms with Crippen molar-refractivity contribution >= 4 is 0 Å². The Morgan fingerprint density at radius 3 is 2.63 bits per heavy atom. The third-order valence-corrected chi connectivity index (χ3v) is 2.60. The number of hydrogen-bond acceptors (Lipinski definition) is 5. The van der Waals surface area contributed by atoms with Gasteiger partial charge in [-0.05, 0) is 6.92 Å². The summed E-state index contributed by atoms with van der Waals surface area (Å²) >= 11 is 0. The van der Waals surface area contributed by atoms with E-state index in [2.05, 4.69) is 5.16 Å². The summed E-state index contributed by atoms with van der Waals surface area (Å²) < 4.78 is 15.7. The molecule has 2 rings (SSSR count). The molecule has 0 N–H and O–H groups in total. The summed E-state index contributed by atoms with van der Waals surface area (Å²) in [6, 6.07) is 3.22. The van der Waals surface area contributed by atoms with Gasteiger partial charge in [-0.15, -0.1) is 0 Å². The van der Waals surface area contributed by atoms with E-state index in [1.54, 1.807) is 6.92 Å². The van der Waals surface area contributed by atoms with Gasteiger partial charge >= 0.3 is 0 Å². The molecule has 2 heterocycles. The van der Waals surface area contributed by atoms with Crippen LogP contribution in [0.1, 0.15) is 38.0 Å². The molecule has 0 bridgehead atoms. The summed E-state index contributed by atoms with van der Waals surface area (Å²) in [5.74, 6) is 1.50. The van der Waals surface area contributed by atoms with Crippen LogP contribution in [0, 0.1) is 6.92 Å². The van der Waals surface area contributed by atoms with E-state index < -0.39 is 0 Å². The number of aryl methyl sites for hydroxylation is 1. The third kappa shape index (κ3) is 3.24. The van der Waals surface area contributed by atoms with E-state index >= 15 is 0 Å². The lowest BCUT2D eigenvalue weighted by molar-refractivity contribution is 0.270. The molecule has 0 unspecified atom stereocenters. The minimum Gasteiger partial charge on any atom is -0.480 e. The monoisotopic (exact) mass is 263 g/mol. The largest absolute Gasteiger partial charge is 0.480 e. The van der Waals surface area contributed by atoms with E-state index in [4.69, 9.17) is 13.7 Å². The van der Waals surface area contributed by atoms with Crippen molar-refractivity contribution in [2.24, 2.45) is 0 Å². The zero-order valence-corrected chi connectivity index (χ0v) is 11.5. The summed E-state index contributed by atoms with van der Waals surface area (Å²) in [7, 11) is 0. The van der Waals surface area contributed by atoms with Gasteiger partial charge in [-0.3, -0.25) is 4.79 Å². The quantitative estimate of drug-likeness (QED) is 0.851. The van der Waals surface area contributed by atoms with Gasteiger partial charge in [-0.25, -0.2) is 0 Å². The molecule has 0 aromatic carbocycles. The second kappa shape index (κ2) is 4.91. The molecule has 0 aliphatic carbocycles. The number of rotatable bonds is 3. The van der Waals surface area contributed by atoms with Gasteiger partial charge in [0.05, 0.1) is 0 Å². The van der Waals surface area contributed by atoms with Crippen molar-refractivity contribution < 1.29 is 13.7 Å². The van der Waals surface area contributed by atoms with Crippen molar-refractivity contribution in [2.75, 3.05) is 0 Å². The molecule has 0 aliphatic heterocycles. The van der Waals surface area contributed by atoms with Crippen LogP contribution in [0.3, 0.4) is 0 Å². The molecule has 19 heavy (non-hydrogen) atoms. The molecule has 0 saturated heterocycles. The molecule has 5 heteroatoms. The molecule has 0 aliphatic rings. The Bertz CT molecular complexity index is 619. The van der Waals surface area contributed by atoms with E-state index in [1.165, 1.54) is 12.3 Å². The van der Waals surface area contributed by atoms with Gasteiger partial charge < -0.3 is 13.7 Å². The fourth-order valence-corrected chi connectivity index (χ4v) is 1.48. The van der Waals surface area contributed by atoms with E-state index in [0.717, 1.165) is 5.76 Å². The Kier molecular flexibility index (Phi) is 3.46. The van der Waals surface area contributed by atoms with Crippen LogP contribution in [0.25, 0.3) is 0 Å². The summed E-state index contributed by atoms with van der Waals surface area (Å²) in [5.41, 5.74) is 0.335. The smallest absolute Gasteiger partial charge is 0.226 e.